The van der Waals surface area contributed by atoms with Gasteiger partial charge in [-0.3, -0.25) is 0 Å². The molecule has 2 rings (SSSR count). The van der Waals surface area contributed by atoms with E-state index in [2.05, 4.69) is 14.6 Å². The fraction of sp³-hybridized carbons (Fsp3) is 0.583. The quantitative estimate of drug-likeness (QED) is 0.880. The highest BCUT2D eigenvalue weighted by molar-refractivity contribution is 7.89. The Bertz CT molecular complexity index is 491. The van der Waals surface area contributed by atoms with Gasteiger partial charge in [0.1, 0.15) is 0 Å². The van der Waals surface area contributed by atoms with Gasteiger partial charge in [0.05, 0.1) is 0 Å². The van der Waals surface area contributed by atoms with Gasteiger partial charge in [-0.2, -0.15) is 0 Å². The molecule has 0 atom stereocenters. The number of nitrogens with zero attached hydrogens (tertiary/aromatic N) is 2. The molecule has 100 valence electrons. The molecule has 1 saturated heterocycles. The Morgan fingerprint density at radius 1 is 1.33 bits per heavy atom. The van der Waals surface area contributed by atoms with E-state index >= 15 is 0 Å². The zero-order valence-corrected chi connectivity index (χ0v) is 11.6. The normalized spacial score (nSPS) is 19.0. The highest BCUT2D eigenvalue weighted by atomic mass is 32.2. The molecular weight excluding hydrogens is 250 g/mol. The standard InChI is InChI=1S/C12H19N3O2S/c1-10-3-4-12(13-9-10)18(16,17)14-11-5-7-15(2)8-6-11/h3-4,9,11,14H,5-8H2,1-2H3. The van der Waals surface area contributed by atoms with Crippen LogP contribution in [0.25, 0.3) is 0 Å². The van der Waals surface area contributed by atoms with E-state index in [0.717, 1.165) is 31.5 Å². The molecule has 0 aromatic carbocycles. The van der Waals surface area contributed by atoms with Crippen LogP contribution in [-0.2, 0) is 10.0 Å². The monoisotopic (exact) mass is 269 g/mol. The summed E-state index contributed by atoms with van der Waals surface area (Å²) in [6.45, 7) is 3.73. The van der Waals surface area contributed by atoms with Crippen LogP contribution >= 0.6 is 0 Å². The number of hydrogen-bond donors (Lipinski definition) is 1. The second-order valence-electron chi connectivity index (χ2n) is 4.87. The molecule has 0 amide bonds. The number of nitrogens with one attached hydrogen (secondary N) is 1. The van der Waals surface area contributed by atoms with Crippen LogP contribution in [0, 0.1) is 6.92 Å². The van der Waals surface area contributed by atoms with Crippen LogP contribution in [0.5, 0.6) is 0 Å². The molecule has 1 aromatic rings. The molecule has 0 saturated carbocycles. The maximum absolute atomic E-state index is 12.1. The molecular formula is C12H19N3O2S. The van der Waals surface area contributed by atoms with E-state index in [9.17, 15) is 8.42 Å². The van der Waals surface area contributed by atoms with E-state index in [0.29, 0.717) is 0 Å². The Balaban J connectivity index is 2.05. The van der Waals surface area contributed by atoms with Crippen molar-refractivity contribution in [1.29, 1.82) is 0 Å². The molecule has 1 N–H and O–H groups in total. The van der Waals surface area contributed by atoms with Crippen LogP contribution in [-0.4, -0.2) is 44.5 Å². The molecule has 2 heterocycles. The zero-order chi connectivity index (χ0) is 13.2. The van der Waals surface area contributed by atoms with Crippen LogP contribution < -0.4 is 4.72 Å². The van der Waals surface area contributed by atoms with Crippen LogP contribution in [0.15, 0.2) is 23.4 Å². The first-order chi connectivity index (χ1) is 8.47. The molecule has 0 radical (unpaired) electrons. The zero-order valence-electron chi connectivity index (χ0n) is 10.8. The van der Waals surface area contributed by atoms with E-state index in [-0.39, 0.29) is 11.1 Å². The lowest BCUT2D eigenvalue weighted by atomic mass is 10.1. The Morgan fingerprint density at radius 2 is 2.00 bits per heavy atom. The third-order valence-electron chi connectivity index (χ3n) is 3.20. The van der Waals surface area contributed by atoms with Crippen molar-refractivity contribution in [2.75, 3.05) is 20.1 Å². The first-order valence-electron chi connectivity index (χ1n) is 6.11. The fourth-order valence-electron chi connectivity index (χ4n) is 2.02. The topological polar surface area (TPSA) is 62.3 Å². The minimum Gasteiger partial charge on any atom is -0.306 e. The van der Waals surface area contributed by atoms with Crippen LogP contribution in [0.1, 0.15) is 18.4 Å². The van der Waals surface area contributed by atoms with Gasteiger partial charge < -0.3 is 4.90 Å². The molecule has 1 aromatic heterocycles. The van der Waals surface area contributed by atoms with Gasteiger partial charge >= 0.3 is 0 Å². The van der Waals surface area contributed by atoms with Crippen LogP contribution in [0.4, 0.5) is 0 Å². The molecule has 1 aliphatic heterocycles. The summed E-state index contributed by atoms with van der Waals surface area (Å²) >= 11 is 0. The van der Waals surface area contributed by atoms with Crippen molar-refractivity contribution in [2.24, 2.45) is 0 Å². The van der Waals surface area contributed by atoms with Crippen molar-refractivity contribution >= 4 is 10.0 Å². The van der Waals surface area contributed by atoms with Crippen molar-refractivity contribution in [3.05, 3.63) is 23.9 Å². The number of aromatic nitrogens is 1. The van der Waals surface area contributed by atoms with Crippen molar-refractivity contribution in [2.45, 2.75) is 30.8 Å². The lowest BCUT2D eigenvalue weighted by Gasteiger charge is -2.29. The van der Waals surface area contributed by atoms with Crippen LogP contribution in [0.2, 0.25) is 0 Å². The molecule has 0 bridgehead atoms. The largest absolute Gasteiger partial charge is 0.306 e. The summed E-state index contributed by atoms with van der Waals surface area (Å²) in [6, 6.07) is 3.33. The summed E-state index contributed by atoms with van der Waals surface area (Å²) in [5, 5.41) is 0.104. The fourth-order valence-corrected chi connectivity index (χ4v) is 3.25. The van der Waals surface area contributed by atoms with Gasteiger partial charge in [-0.25, -0.2) is 18.1 Å². The molecule has 0 spiro atoms. The van der Waals surface area contributed by atoms with Crippen LogP contribution in [0.3, 0.4) is 0 Å². The summed E-state index contributed by atoms with van der Waals surface area (Å²) in [5.74, 6) is 0. The number of hydrogen-bond acceptors (Lipinski definition) is 4. The van der Waals surface area contributed by atoms with Gasteiger partial charge in [0.25, 0.3) is 10.0 Å². The van der Waals surface area contributed by atoms with E-state index in [1.54, 1.807) is 18.3 Å². The number of aryl methyl sites for hydroxylation is 1. The molecule has 6 heteroatoms. The Kier molecular flexibility index (Phi) is 3.99. The van der Waals surface area contributed by atoms with E-state index in [4.69, 9.17) is 0 Å². The van der Waals surface area contributed by atoms with E-state index < -0.39 is 10.0 Å². The Morgan fingerprint density at radius 3 is 2.56 bits per heavy atom. The maximum atomic E-state index is 12.1. The van der Waals surface area contributed by atoms with Gasteiger partial charge in [-0.1, -0.05) is 6.07 Å². The molecule has 1 aliphatic rings. The van der Waals surface area contributed by atoms with Gasteiger partial charge in [0, 0.05) is 12.2 Å². The van der Waals surface area contributed by atoms with Gasteiger partial charge in [-0.05, 0) is 51.5 Å². The third-order valence-corrected chi connectivity index (χ3v) is 4.64. The maximum Gasteiger partial charge on any atom is 0.258 e. The average Bonchev–Trinajstić information content (AvgIpc) is 2.32. The lowest BCUT2D eigenvalue weighted by molar-refractivity contribution is 0.248. The number of piperidine rings is 1. The summed E-state index contributed by atoms with van der Waals surface area (Å²) < 4.78 is 26.9. The molecule has 0 unspecified atom stereocenters. The summed E-state index contributed by atoms with van der Waals surface area (Å²) in [5.41, 5.74) is 0.952. The Hall–Kier alpha value is -0.980. The van der Waals surface area contributed by atoms with Crippen molar-refractivity contribution < 1.29 is 8.42 Å². The molecule has 18 heavy (non-hydrogen) atoms. The lowest BCUT2D eigenvalue weighted by Crippen LogP contribution is -2.43. The summed E-state index contributed by atoms with van der Waals surface area (Å²) in [6.07, 6.45) is 3.27. The van der Waals surface area contributed by atoms with Crippen molar-refractivity contribution in [3.8, 4) is 0 Å². The Labute approximate surface area is 108 Å². The average molecular weight is 269 g/mol. The number of pyridine rings is 1. The first kappa shape index (κ1) is 13.5. The van der Waals surface area contributed by atoms with E-state index in [1.165, 1.54) is 0 Å². The minimum absolute atomic E-state index is 0.0225. The second kappa shape index (κ2) is 5.34. The minimum atomic E-state index is -3.47. The van der Waals surface area contributed by atoms with Gasteiger partial charge in [0.15, 0.2) is 5.03 Å². The van der Waals surface area contributed by atoms with E-state index in [1.807, 2.05) is 14.0 Å². The van der Waals surface area contributed by atoms with Crippen molar-refractivity contribution in [3.63, 3.8) is 0 Å². The molecule has 0 aliphatic carbocycles. The highest BCUT2D eigenvalue weighted by Gasteiger charge is 2.23. The molecule has 5 nitrogen and oxygen atoms in total. The smallest absolute Gasteiger partial charge is 0.258 e. The molecule has 1 fully saturated rings. The van der Waals surface area contributed by atoms with Gasteiger partial charge in [0.2, 0.25) is 0 Å². The predicted molar refractivity (Wildman–Crippen MR) is 69.8 cm³/mol. The first-order valence-corrected chi connectivity index (χ1v) is 7.59. The number of sulfonamides is 1. The SMILES string of the molecule is Cc1ccc(S(=O)(=O)NC2CCN(C)CC2)nc1. The predicted octanol–water partition coefficient (Wildman–Crippen LogP) is 0.763. The highest BCUT2D eigenvalue weighted by Crippen LogP contribution is 2.12. The van der Waals surface area contributed by atoms with Gasteiger partial charge in [-0.15, -0.1) is 0 Å². The summed E-state index contributed by atoms with van der Waals surface area (Å²) in [4.78, 5) is 6.17. The second-order valence-corrected chi connectivity index (χ2v) is 6.53. The van der Waals surface area contributed by atoms with Crippen molar-refractivity contribution in [1.82, 2.24) is 14.6 Å². The number of rotatable bonds is 3. The number of likely N-dealkylation sites (tertiary alicyclic amines) is 1. The summed E-state index contributed by atoms with van der Waals surface area (Å²) in [7, 11) is -1.43. The third kappa shape index (κ3) is 3.28.